The zero-order valence-electron chi connectivity index (χ0n) is 20.7. The van der Waals surface area contributed by atoms with Gasteiger partial charge in [0.25, 0.3) is 5.91 Å². The van der Waals surface area contributed by atoms with Gasteiger partial charge in [0.1, 0.15) is 17.2 Å². The van der Waals surface area contributed by atoms with Gasteiger partial charge in [-0.1, -0.05) is 37.3 Å². The Morgan fingerprint density at radius 2 is 1.54 bits per heavy atom. The lowest BCUT2D eigenvalue weighted by atomic mass is 10.1. The number of amides is 1. The minimum absolute atomic E-state index is 0.374. The predicted molar refractivity (Wildman–Crippen MR) is 143 cm³/mol. The highest BCUT2D eigenvalue weighted by atomic mass is 16.5. The first-order valence-corrected chi connectivity index (χ1v) is 12.1. The van der Waals surface area contributed by atoms with E-state index >= 15 is 0 Å². The first-order valence-electron chi connectivity index (χ1n) is 12.1. The van der Waals surface area contributed by atoms with Gasteiger partial charge >= 0.3 is 5.97 Å². The second-order valence-corrected chi connectivity index (χ2v) is 8.33. The average molecular weight is 497 g/mol. The molecule has 188 valence electrons. The van der Waals surface area contributed by atoms with Crippen molar-refractivity contribution in [3.8, 4) is 17.2 Å². The third-order valence-electron chi connectivity index (χ3n) is 5.44. The summed E-state index contributed by atoms with van der Waals surface area (Å²) in [6, 6.07) is 27.2. The Morgan fingerprint density at radius 3 is 2.27 bits per heavy atom. The summed E-state index contributed by atoms with van der Waals surface area (Å²) in [7, 11) is 0. The number of esters is 1. The molecule has 4 aromatic carbocycles. The third-order valence-corrected chi connectivity index (χ3v) is 5.44. The Morgan fingerprint density at radius 1 is 0.865 bits per heavy atom. The molecule has 37 heavy (non-hydrogen) atoms. The summed E-state index contributed by atoms with van der Waals surface area (Å²) >= 11 is 0. The number of ether oxygens (including phenoxy) is 3. The topological polar surface area (TPSA) is 86.2 Å². The Bertz CT molecular complexity index is 1380. The number of fused-ring (bicyclic) bond motifs is 1. The van der Waals surface area contributed by atoms with Crippen molar-refractivity contribution in [3.63, 3.8) is 0 Å². The van der Waals surface area contributed by atoms with Gasteiger partial charge < -0.3 is 14.2 Å². The molecule has 0 saturated heterocycles. The van der Waals surface area contributed by atoms with E-state index < -0.39 is 12.1 Å². The van der Waals surface area contributed by atoms with Gasteiger partial charge in [-0.25, -0.2) is 10.2 Å². The van der Waals surface area contributed by atoms with Crippen molar-refractivity contribution in [1.29, 1.82) is 0 Å². The number of carbonyl (C=O) groups excluding carboxylic acids is 2. The highest BCUT2D eigenvalue weighted by Crippen LogP contribution is 2.21. The van der Waals surface area contributed by atoms with Crippen molar-refractivity contribution < 1.29 is 23.8 Å². The Hall–Kier alpha value is -4.65. The highest BCUT2D eigenvalue weighted by Gasteiger charge is 2.14. The molecule has 0 bridgehead atoms. The molecule has 4 rings (SSSR count). The standard InChI is InChI=1S/C30H28N2O5/c1-3-18-35-26-15-11-24(12-16-26)30(34)37-27-13-8-22(9-14-27)20-31-32-29(33)21(2)36-28-17-10-23-6-4-5-7-25(23)19-28/h4-17,19-21H,3,18H2,1-2H3,(H,32,33)/b31-20-/t21-/m0/s1. The van der Waals surface area contributed by atoms with Gasteiger partial charge in [0.2, 0.25) is 0 Å². The molecule has 0 saturated carbocycles. The number of hydrogen-bond donors (Lipinski definition) is 1. The number of hydrazone groups is 1. The predicted octanol–water partition coefficient (Wildman–Crippen LogP) is 5.77. The van der Waals surface area contributed by atoms with Crippen LogP contribution >= 0.6 is 0 Å². The zero-order valence-corrected chi connectivity index (χ0v) is 20.7. The summed E-state index contributed by atoms with van der Waals surface area (Å²) in [5, 5.41) is 6.14. The quantitative estimate of drug-likeness (QED) is 0.130. The van der Waals surface area contributed by atoms with E-state index in [1.165, 1.54) is 6.21 Å². The van der Waals surface area contributed by atoms with Gasteiger partial charge in [-0.3, -0.25) is 4.79 Å². The van der Waals surface area contributed by atoms with Crippen LogP contribution in [-0.4, -0.2) is 30.8 Å². The third kappa shape index (κ3) is 7.18. The molecule has 0 heterocycles. The molecule has 4 aromatic rings. The summed E-state index contributed by atoms with van der Waals surface area (Å²) in [5.41, 5.74) is 3.63. The summed E-state index contributed by atoms with van der Waals surface area (Å²) in [6.45, 7) is 4.32. The molecule has 0 radical (unpaired) electrons. The minimum Gasteiger partial charge on any atom is -0.494 e. The van der Waals surface area contributed by atoms with Crippen LogP contribution in [0.5, 0.6) is 17.2 Å². The minimum atomic E-state index is -0.729. The molecule has 0 aliphatic carbocycles. The Labute approximate surface area is 215 Å². The largest absolute Gasteiger partial charge is 0.494 e. The van der Waals surface area contributed by atoms with E-state index in [4.69, 9.17) is 14.2 Å². The molecular formula is C30H28N2O5. The number of benzene rings is 4. The van der Waals surface area contributed by atoms with Crippen molar-refractivity contribution in [2.75, 3.05) is 6.61 Å². The van der Waals surface area contributed by atoms with Crippen LogP contribution in [-0.2, 0) is 4.79 Å². The van der Waals surface area contributed by atoms with Crippen LogP contribution in [0.1, 0.15) is 36.2 Å². The lowest BCUT2D eigenvalue weighted by Crippen LogP contribution is -2.33. The Kier molecular flexibility index (Phi) is 8.49. The number of nitrogens with one attached hydrogen (secondary N) is 1. The molecule has 0 aliphatic heterocycles. The van der Waals surface area contributed by atoms with Crippen molar-refractivity contribution in [1.82, 2.24) is 5.43 Å². The van der Waals surface area contributed by atoms with Gasteiger partial charge in [0.05, 0.1) is 18.4 Å². The summed E-state index contributed by atoms with van der Waals surface area (Å²) in [6.07, 6.45) is 1.69. The SMILES string of the molecule is CCCOc1ccc(C(=O)Oc2ccc(/C=N\NC(=O)[C@H](C)Oc3ccc4ccccc4c3)cc2)cc1. The van der Waals surface area contributed by atoms with Crippen molar-refractivity contribution in [2.24, 2.45) is 5.10 Å². The summed E-state index contributed by atoms with van der Waals surface area (Å²) < 4.78 is 16.7. The van der Waals surface area contributed by atoms with Crippen LogP contribution in [0.4, 0.5) is 0 Å². The maximum Gasteiger partial charge on any atom is 0.343 e. The maximum atomic E-state index is 12.4. The number of carbonyl (C=O) groups is 2. The lowest BCUT2D eigenvalue weighted by Gasteiger charge is -2.13. The monoisotopic (exact) mass is 496 g/mol. The van der Waals surface area contributed by atoms with E-state index in [2.05, 4.69) is 10.5 Å². The number of nitrogens with zero attached hydrogens (tertiary/aromatic N) is 1. The average Bonchev–Trinajstić information content (AvgIpc) is 2.93. The van der Waals surface area contributed by atoms with Crippen molar-refractivity contribution in [2.45, 2.75) is 26.4 Å². The Balaban J connectivity index is 1.26. The molecule has 1 amide bonds. The van der Waals surface area contributed by atoms with Crippen LogP contribution in [0, 0.1) is 0 Å². The molecule has 7 heteroatoms. The van der Waals surface area contributed by atoms with Gasteiger partial charge in [-0.2, -0.15) is 5.10 Å². The molecule has 1 N–H and O–H groups in total. The van der Waals surface area contributed by atoms with Crippen LogP contribution in [0.2, 0.25) is 0 Å². The van der Waals surface area contributed by atoms with Gasteiger partial charge in [0.15, 0.2) is 6.10 Å². The molecule has 0 aliphatic rings. The van der Waals surface area contributed by atoms with Crippen molar-refractivity contribution >= 4 is 28.9 Å². The van der Waals surface area contributed by atoms with Gasteiger partial charge in [-0.05, 0) is 90.3 Å². The smallest absolute Gasteiger partial charge is 0.343 e. The fourth-order valence-corrected chi connectivity index (χ4v) is 3.45. The van der Waals surface area contributed by atoms with E-state index in [1.54, 1.807) is 55.5 Å². The summed E-state index contributed by atoms with van der Waals surface area (Å²) in [5.74, 6) is 0.882. The van der Waals surface area contributed by atoms with E-state index in [1.807, 2.05) is 49.4 Å². The van der Waals surface area contributed by atoms with E-state index in [9.17, 15) is 9.59 Å². The molecule has 7 nitrogen and oxygen atoms in total. The molecular weight excluding hydrogens is 468 g/mol. The summed E-state index contributed by atoms with van der Waals surface area (Å²) in [4.78, 5) is 24.8. The fraction of sp³-hybridized carbons (Fsp3) is 0.167. The van der Waals surface area contributed by atoms with Gasteiger partial charge in [-0.15, -0.1) is 0 Å². The maximum absolute atomic E-state index is 12.4. The highest BCUT2D eigenvalue weighted by molar-refractivity contribution is 5.91. The number of rotatable bonds is 10. The molecule has 0 aromatic heterocycles. The molecule has 1 atom stereocenters. The fourth-order valence-electron chi connectivity index (χ4n) is 3.45. The van der Waals surface area contributed by atoms with Crippen molar-refractivity contribution in [3.05, 3.63) is 102 Å². The lowest BCUT2D eigenvalue weighted by molar-refractivity contribution is -0.127. The molecule has 0 unspecified atom stereocenters. The van der Waals surface area contributed by atoms with E-state index in [-0.39, 0.29) is 5.91 Å². The van der Waals surface area contributed by atoms with Crippen LogP contribution in [0.3, 0.4) is 0 Å². The van der Waals surface area contributed by atoms with Gasteiger partial charge in [0, 0.05) is 0 Å². The van der Waals surface area contributed by atoms with Crippen LogP contribution < -0.4 is 19.6 Å². The van der Waals surface area contributed by atoms with Crippen LogP contribution in [0.15, 0.2) is 96.1 Å². The zero-order chi connectivity index (χ0) is 26.0. The van der Waals surface area contributed by atoms with E-state index in [0.717, 1.165) is 22.8 Å². The normalized spacial score (nSPS) is 11.7. The second kappa shape index (κ2) is 12.4. The molecule has 0 fully saturated rings. The number of hydrogen-bond acceptors (Lipinski definition) is 6. The molecule has 0 spiro atoms. The second-order valence-electron chi connectivity index (χ2n) is 8.33. The van der Waals surface area contributed by atoms with Crippen LogP contribution in [0.25, 0.3) is 10.8 Å². The first-order chi connectivity index (χ1) is 18.0. The first kappa shape index (κ1) is 25.4. The van der Waals surface area contributed by atoms with E-state index in [0.29, 0.717) is 29.4 Å².